The average molecular weight is 352 g/mol. The summed E-state index contributed by atoms with van der Waals surface area (Å²) in [5, 5.41) is 0. The molecule has 0 N–H and O–H groups in total. The smallest absolute Gasteiger partial charge is 0.253 e. The van der Waals surface area contributed by atoms with Gasteiger partial charge in [0.05, 0.1) is 0 Å². The third kappa shape index (κ3) is 4.64. The minimum Gasteiger partial charge on any atom is -0.492 e. The summed E-state index contributed by atoms with van der Waals surface area (Å²) in [6, 6.07) is 16.3. The Bertz CT molecular complexity index is 717. The molecule has 1 unspecified atom stereocenters. The Balaban J connectivity index is 1.47. The topological polar surface area (TPSA) is 32.8 Å². The van der Waals surface area contributed by atoms with Crippen molar-refractivity contribution in [3.63, 3.8) is 0 Å². The number of piperazine rings is 1. The Morgan fingerprint density at radius 2 is 1.46 bits per heavy atom. The van der Waals surface area contributed by atoms with Crippen LogP contribution in [0.4, 0.5) is 0 Å². The van der Waals surface area contributed by atoms with Crippen LogP contribution in [0.15, 0.2) is 48.5 Å². The highest BCUT2D eigenvalue weighted by Gasteiger charge is 2.25. The molecule has 138 valence electrons. The van der Waals surface area contributed by atoms with Gasteiger partial charge in [0.25, 0.3) is 5.91 Å². The maximum absolute atomic E-state index is 12.6. The standard InChI is InChI=1S/C22H28N2O2/c1-17-4-8-20(9-5-17)22(25)24-14-12-23(13-15-24)19(3)16-26-21-10-6-18(2)7-11-21/h4-11,19H,12-16H2,1-3H3. The number of benzene rings is 2. The summed E-state index contributed by atoms with van der Waals surface area (Å²) in [6.45, 7) is 10.3. The van der Waals surface area contributed by atoms with Gasteiger partial charge in [-0.2, -0.15) is 0 Å². The van der Waals surface area contributed by atoms with Gasteiger partial charge in [-0.25, -0.2) is 0 Å². The Morgan fingerprint density at radius 3 is 2.04 bits per heavy atom. The molecule has 0 bridgehead atoms. The minimum atomic E-state index is 0.133. The number of hydrogen-bond acceptors (Lipinski definition) is 3. The van der Waals surface area contributed by atoms with Crippen LogP contribution in [-0.4, -0.2) is 54.5 Å². The predicted molar refractivity (Wildman–Crippen MR) is 105 cm³/mol. The van der Waals surface area contributed by atoms with E-state index >= 15 is 0 Å². The van der Waals surface area contributed by atoms with E-state index in [-0.39, 0.29) is 5.91 Å². The molecule has 1 saturated heterocycles. The fraction of sp³-hybridized carbons (Fsp3) is 0.409. The first-order chi connectivity index (χ1) is 12.5. The maximum atomic E-state index is 12.6. The van der Waals surface area contributed by atoms with Crippen molar-refractivity contribution in [1.29, 1.82) is 0 Å². The zero-order chi connectivity index (χ0) is 18.5. The molecule has 3 rings (SSSR count). The quantitative estimate of drug-likeness (QED) is 0.825. The Hall–Kier alpha value is -2.33. The number of carbonyl (C=O) groups is 1. The molecule has 1 amide bonds. The molecule has 1 aliphatic heterocycles. The van der Waals surface area contributed by atoms with Gasteiger partial charge in [-0.15, -0.1) is 0 Å². The minimum absolute atomic E-state index is 0.133. The van der Waals surface area contributed by atoms with E-state index in [4.69, 9.17) is 4.74 Å². The number of rotatable bonds is 5. The van der Waals surface area contributed by atoms with Crippen molar-refractivity contribution in [3.8, 4) is 5.75 Å². The van der Waals surface area contributed by atoms with Gasteiger partial charge in [-0.1, -0.05) is 35.4 Å². The molecule has 0 spiro atoms. The van der Waals surface area contributed by atoms with Crippen molar-refractivity contribution in [2.45, 2.75) is 26.8 Å². The lowest BCUT2D eigenvalue weighted by molar-refractivity contribution is 0.0529. The molecular weight excluding hydrogens is 324 g/mol. The molecule has 1 atom stereocenters. The predicted octanol–water partition coefficient (Wildman–Crippen LogP) is 3.53. The molecule has 2 aromatic rings. The van der Waals surface area contributed by atoms with Crippen molar-refractivity contribution < 1.29 is 9.53 Å². The van der Waals surface area contributed by atoms with Crippen LogP contribution in [0, 0.1) is 13.8 Å². The summed E-state index contributed by atoms with van der Waals surface area (Å²) in [4.78, 5) is 17.0. The lowest BCUT2D eigenvalue weighted by Crippen LogP contribution is -2.52. The number of amides is 1. The number of nitrogens with zero attached hydrogens (tertiary/aromatic N) is 2. The van der Waals surface area contributed by atoms with Crippen molar-refractivity contribution in [2.24, 2.45) is 0 Å². The first-order valence-electron chi connectivity index (χ1n) is 9.32. The van der Waals surface area contributed by atoms with E-state index in [1.165, 1.54) is 11.1 Å². The molecule has 1 heterocycles. The fourth-order valence-electron chi connectivity index (χ4n) is 3.20. The van der Waals surface area contributed by atoms with Crippen molar-refractivity contribution in [2.75, 3.05) is 32.8 Å². The van der Waals surface area contributed by atoms with Gasteiger partial charge >= 0.3 is 0 Å². The Labute approximate surface area is 156 Å². The summed E-state index contributed by atoms with van der Waals surface area (Å²) in [5.74, 6) is 1.05. The summed E-state index contributed by atoms with van der Waals surface area (Å²) in [5.41, 5.74) is 3.19. The van der Waals surface area contributed by atoms with Crippen molar-refractivity contribution in [1.82, 2.24) is 9.80 Å². The summed E-state index contributed by atoms with van der Waals surface area (Å²) in [7, 11) is 0. The normalized spacial score (nSPS) is 16.3. The molecule has 2 aromatic carbocycles. The highest BCUT2D eigenvalue weighted by molar-refractivity contribution is 5.94. The van der Waals surface area contributed by atoms with E-state index in [0.717, 1.165) is 37.5 Å². The molecule has 0 aliphatic carbocycles. The number of aryl methyl sites for hydroxylation is 2. The zero-order valence-electron chi connectivity index (χ0n) is 15.9. The van der Waals surface area contributed by atoms with Crippen LogP contribution in [0.25, 0.3) is 0 Å². The van der Waals surface area contributed by atoms with E-state index in [0.29, 0.717) is 12.6 Å². The van der Waals surface area contributed by atoms with E-state index in [1.807, 2.05) is 48.2 Å². The van der Waals surface area contributed by atoms with Gasteiger partial charge in [0.2, 0.25) is 0 Å². The van der Waals surface area contributed by atoms with Gasteiger partial charge in [-0.05, 0) is 45.0 Å². The average Bonchev–Trinajstić information content (AvgIpc) is 2.67. The SMILES string of the molecule is Cc1ccc(OCC(C)N2CCN(C(=O)c3ccc(C)cc3)CC2)cc1. The lowest BCUT2D eigenvalue weighted by Gasteiger charge is -2.38. The third-order valence-electron chi connectivity index (χ3n) is 5.04. The highest BCUT2D eigenvalue weighted by Crippen LogP contribution is 2.15. The van der Waals surface area contributed by atoms with Crippen LogP contribution >= 0.6 is 0 Å². The van der Waals surface area contributed by atoms with Crippen LogP contribution < -0.4 is 4.74 Å². The molecule has 0 radical (unpaired) electrons. The number of hydrogen-bond donors (Lipinski definition) is 0. The van der Waals surface area contributed by atoms with Crippen LogP contribution in [0.2, 0.25) is 0 Å². The summed E-state index contributed by atoms with van der Waals surface area (Å²) >= 11 is 0. The van der Waals surface area contributed by atoms with Gasteiger partial charge in [0.1, 0.15) is 12.4 Å². The second-order valence-electron chi connectivity index (χ2n) is 7.17. The van der Waals surface area contributed by atoms with Crippen LogP contribution in [0.1, 0.15) is 28.4 Å². The molecule has 4 nitrogen and oxygen atoms in total. The summed E-state index contributed by atoms with van der Waals surface area (Å²) in [6.07, 6.45) is 0. The van der Waals surface area contributed by atoms with Crippen LogP contribution in [-0.2, 0) is 0 Å². The molecular formula is C22H28N2O2. The maximum Gasteiger partial charge on any atom is 0.253 e. The van der Waals surface area contributed by atoms with Crippen LogP contribution in [0.3, 0.4) is 0 Å². The number of ether oxygens (including phenoxy) is 1. The van der Waals surface area contributed by atoms with Gasteiger partial charge < -0.3 is 9.64 Å². The molecule has 0 saturated carbocycles. The molecule has 26 heavy (non-hydrogen) atoms. The fourth-order valence-corrected chi connectivity index (χ4v) is 3.20. The first-order valence-corrected chi connectivity index (χ1v) is 9.32. The van der Waals surface area contributed by atoms with E-state index < -0.39 is 0 Å². The second kappa shape index (κ2) is 8.37. The first kappa shape index (κ1) is 18.5. The van der Waals surface area contributed by atoms with Gasteiger partial charge in [0, 0.05) is 37.8 Å². The molecule has 4 heteroatoms. The highest BCUT2D eigenvalue weighted by atomic mass is 16.5. The summed E-state index contributed by atoms with van der Waals surface area (Å²) < 4.78 is 5.91. The monoisotopic (exact) mass is 352 g/mol. The lowest BCUT2D eigenvalue weighted by atomic mass is 10.1. The Morgan fingerprint density at radius 1 is 0.923 bits per heavy atom. The number of carbonyl (C=O) groups excluding carboxylic acids is 1. The molecule has 0 aromatic heterocycles. The second-order valence-corrected chi connectivity index (χ2v) is 7.17. The van der Waals surface area contributed by atoms with E-state index in [2.05, 4.69) is 30.9 Å². The third-order valence-corrected chi connectivity index (χ3v) is 5.04. The van der Waals surface area contributed by atoms with E-state index in [9.17, 15) is 4.79 Å². The van der Waals surface area contributed by atoms with Crippen molar-refractivity contribution >= 4 is 5.91 Å². The van der Waals surface area contributed by atoms with Crippen LogP contribution in [0.5, 0.6) is 5.75 Å². The largest absolute Gasteiger partial charge is 0.492 e. The zero-order valence-corrected chi connectivity index (χ0v) is 15.9. The van der Waals surface area contributed by atoms with Gasteiger partial charge in [0.15, 0.2) is 0 Å². The Kier molecular flexibility index (Phi) is 5.94. The van der Waals surface area contributed by atoms with E-state index in [1.54, 1.807) is 0 Å². The van der Waals surface area contributed by atoms with Crippen molar-refractivity contribution in [3.05, 3.63) is 65.2 Å². The molecule has 1 aliphatic rings. The molecule has 1 fully saturated rings. The van der Waals surface area contributed by atoms with Gasteiger partial charge in [-0.3, -0.25) is 9.69 Å².